The summed E-state index contributed by atoms with van der Waals surface area (Å²) in [6.45, 7) is 6.06. The van der Waals surface area contributed by atoms with Crippen LogP contribution in [-0.2, 0) is 22.9 Å². The average Bonchev–Trinajstić information content (AvgIpc) is 2.73. The van der Waals surface area contributed by atoms with Gasteiger partial charge in [0.25, 0.3) is 0 Å². The van der Waals surface area contributed by atoms with Crippen LogP contribution in [0.4, 0.5) is 11.4 Å². The summed E-state index contributed by atoms with van der Waals surface area (Å²) in [5.41, 5.74) is 10.5. The highest BCUT2D eigenvalue weighted by Crippen LogP contribution is 2.23. The van der Waals surface area contributed by atoms with Crippen LogP contribution in [0.3, 0.4) is 0 Å². The summed E-state index contributed by atoms with van der Waals surface area (Å²) in [5.74, 6) is 0. The molecule has 0 aromatic heterocycles. The maximum absolute atomic E-state index is 12.4. The largest absolute Gasteiger partial charge is 0.331 e. The lowest BCUT2D eigenvalue weighted by molar-refractivity contribution is 0.521. The Labute approximate surface area is 195 Å². The van der Waals surface area contributed by atoms with Crippen molar-refractivity contribution in [2.45, 2.75) is 38.5 Å². The minimum absolute atomic E-state index is 0.182. The Hall–Kier alpha value is -2.27. The molecular weight excluding hydrogens is 450 g/mol. The van der Waals surface area contributed by atoms with Crippen LogP contribution in [0.25, 0.3) is 0 Å². The number of anilines is 2. The monoisotopic (exact) mass is 479 g/mol. The zero-order chi connectivity index (χ0) is 23.2. The molecule has 0 heterocycles. The molecule has 0 atom stereocenters. The van der Waals surface area contributed by atoms with Crippen molar-refractivity contribution >= 4 is 56.1 Å². The number of nitrogens with zero attached hydrogens (tertiary/aromatic N) is 1. The molecule has 0 saturated carbocycles. The third kappa shape index (κ3) is 6.36. The molecule has 2 aromatic carbocycles. The van der Waals surface area contributed by atoms with Crippen molar-refractivity contribution < 1.29 is 8.42 Å². The van der Waals surface area contributed by atoms with Crippen LogP contribution in [0.1, 0.15) is 30.5 Å². The van der Waals surface area contributed by atoms with Gasteiger partial charge in [-0.15, -0.1) is 0 Å². The number of benzene rings is 2. The van der Waals surface area contributed by atoms with Gasteiger partial charge in [0.15, 0.2) is 10.2 Å². The van der Waals surface area contributed by atoms with Crippen LogP contribution in [0.15, 0.2) is 41.3 Å². The molecule has 0 aliphatic rings. The van der Waals surface area contributed by atoms with Gasteiger partial charge in [-0.05, 0) is 73.0 Å². The Morgan fingerprint density at radius 3 is 2.00 bits per heavy atom. The molecule has 2 rings (SSSR count). The minimum Gasteiger partial charge on any atom is -0.331 e. The van der Waals surface area contributed by atoms with E-state index >= 15 is 0 Å². The molecule has 0 aliphatic heterocycles. The first kappa shape index (κ1) is 25.0. The highest BCUT2D eigenvalue weighted by molar-refractivity contribution is 7.89. The fraction of sp³-hybridized carbons (Fsp3) is 0.333. The van der Waals surface area contributed by atoms with Crippen LogP contribution in [0.2, 0.25) is 0 Å². The number of rotatable bonds is 6. The van der Waals surface area contributed by atoms with Gasteiger partial charge in [0.2, 0.25) is 10.0 Å². The summed E-state index contributed by atoms with van der Waals surface area (Å²) in [6.07, 6.45) is 1.77. The lowest BCUT2D eigenvalue weighted by Crippen LogP contribution is -2.45. The molecule has 7 nitrogen and oxygen atoms in total. The number of para-hydroxylation sites is 1. The predicted molar refractivity (Wildman–Crippen MR) is 136 cm³/mol. The van der Waals surface area contributed by atoms with E-state index in [0.29, 0.717) is 10.8 Å². The number of hydrogen-bond donors (Lipinski definition) is 4. The number of sulfonamides is 1. The molecule has 0 fully saturated rings. The van der Waals surface area contributed by atoms with Crippen molar-refractivity contribution in [1.82, 2.24) is 15.2 Å². The summed E-state index contributed by atoms with van der Waals surface area (Å²) in [4.78, 5) is 0.182. The first-order valence-electron chi connectivity index (χ1n) is 9.88. The van der Waals surface area contributed by atoms with Crippen molar-refractivity contribution in [3.63, 3.8) is 0 Å². The number of thiocarbonyl (C=S) groups is 2. The molecule has 0 bridgehead atoms. The number of aryl methyl sites for hydroxylation is 3. The Balaban J connectivity index is 2.04. The minimum atomic E-state index is -3.54. The Morgan fingerprint density at radius 1 is 0.935 bits per heavy atom. The van der Waals surface area contributed by atoms with E-state index in [1.165, 1.54) is 29.5 Å². The maximum atomic E-state index is 12.4. The molecule has 0 aliphatic carbocycles. The van der Waals surface area contributed by atoms with Crippen molar-refractivity contribution in [2.24, 2.45) is 0 Å². The van der Waals surface area contributed by atoms with E-state index in [-0.39, 0.29) is 10.0 Å². The standard InChI is InChI=1S/C21H29N5O2S3/c1-6-15-9-8-10-16(7-2)19(15)23-21(30)25-24-20(29)22-18-13-17(12-11-14(18)3)31(27,28)26(4)5/h8-13H,6-7H2,1-5H3,(H2,22,24,29)(H2,23,25,30). The van der Waals surface area contributed by atoms with Gasteiger partial charge in [-0.3, -0.25) is 10.9 Å². The molecule has 4 N–H and O–H groups in total. The van der Waals surface area contributed by atoms with Crippen LogP contribution < -0.4 is 21.5 Å². The highest BCUT2D eigenvalue weighted by Gasteiger charge is 2.18. The van der Waals surface area contributed by atoms with Crippen LogP contribution in [-0.4, -0.2) is 37.0 Å². The lowest BCUT2D eigenvalue weighted by atomic mass is 10.0. The maximum Gasteiger partial charge on any atom is 0.242 e. The molecule has 31 heavy (non-hydrogen) atoms. The van der Waals surface area contributed by atoms with E-state index in [1.54, 1.807) is 18.2 Å². The van der Waals surface area contributed by atoms with Gasteiger partial charge in [-0.2, -0.15) is 0 Å². The number of hydrogen-bond acceptors (Lipinski definition) is 4. The molecule has 2 aromatic rings. The summed E-state index contributed by atoms with van der Waals surface area (Å²) in [7, 11) is -0.556. The number of hydrazine groups is 1. The Bertz CT molecular complexity index is 1050. The van der Waals surface area contributed by atoms with Crippen molar-refractivity contribution in [3.05, 3.63) is 53.1 Å². The van der Waals surface area contributed by atoms with Crippen LogP contribution in [0.5, 0.6) is 0 Å². The van der Waals surface area contributed by atoms with E-state index in [1.807, 2.05) is 13.0 Å². The van der Waals surface area contributed by atoms with E-state index < -0.39 is 10.0 Å². The third-order valence-electron chi connectivity index (χ3n) is 4.76. The second-order valence-electron chi connectivity index (χ2n) is 7.08. The quantitative estimate of drug-likeness (QED) is 0.370. The molecule has 0 radical (unpaired) electrons. The van der Waals surface area contributed by atoms with Gasteiger partial charge in [-0.1, -0.05) is 38.1 Å². The van der Waals surface area contributed by atoms with Gasteiger partial charge < -0.3 is 10.6 Å². The predicted octanol–water partition coefficient (Wildman–Crippen LogP) is 3.56. The molecule has 0 spiro atoms. The van der Waals surface area contributed by atoms with Crippen molar-refractivity contribution in [3.8, 4) is 0 Å². The summed E-state index contributed by atoms with van der Waals surface area (Å²) in [5, 5.41) is 6.88. The Morgan fingerprint density at radius 2 is 1.48 bits per heavy atom. The van der Waals surface area contributed by atoms with E-state index in [9.17, 15) is 8.42 Å². The van der Waals surface area contributed by atoms with E-state index in [0.717, 1.165) is 24.1 Å². The molecule has 168 valence electrons. The topological polar surface area (TPSA) is 85.5 Å². The van der Waals surface area contributed by atoms with Crippen LogP contribution >= 0.6 is 24.4 Å². The fourth-order valence-corrected chi connectivity index (χ4v) is 4.16. The fourth-order valence-electron chi connectivity index (χ4n) is 2.92. The molecular formula is C21H29N5O2S3. The van der Waals surface area contributed by atoms with Gasteiger partial charge in [-0.25, -0.2) is 12.7 Å². The molecule has 10 heteroatoms. The van der Waals surface area contributed by atoms with Crippen LogP contribution in [0, 0.1) is 6.92 Å². The first-order chi connectivity index (χ1) is 14.6. The summed E-state index contributed by atoms with van der Waals surface area (Å²) in [6, 6.07) is 11.0. The number of nitrogens with one attached hydrogen (secondary N) is 4. The zero-order valence-corrected chi connectivity index (χ0v) is 20.8. The summed E-state index contributed by atoms with van der Waals surface area (Å²) >= 11 is 10.7. The molecule has 0 amide bonds. The normalized spacial score (nSPS) is 11.2. The Kier molecular flexibility index (Phi) is 8.75. The second kappa shape index (κ2) is 10.9. The molecule has 0 saturated heterocycles. The van der Waals surface area contributed by atoms with Gasteiger partial charge in [0, 0.05) is 25.5 Å². The van der Waals surface area contributed by atoms with Gasteiger partial charge in [0.05, 0.1) is 4.90 Å². The third-order valence-corrected chi connectivity index (χ3v) is 6.98. The zero-order valence-electron chi connectivity index (χ0n) is 18.4. The van der Waals surface area contributed by atoms with Crippen molar-refractivity contribution in [2.75, 3.05) is 24.7 Å². The average molecular weight is 480 g/mol. The summed E-state index contributed by atoms with van der Waals surface area (Å²) < 4.78 is 25.9. The van der Waals surface area contributed by atoms with E-state index in [2.05, 4.69) is 47.5 Å². The molecule has 0 unspecified atom stereocenters. The smallest absolute Gasteiger partial charge is 0.242 e. The SMILES string of the molecule is CCc1cccc(CC)c1NC(=S)NNC(=S)Nc1cc(S(=O)(=O)N(C)C)ccc1C. The highest BCUT2D eigenvalue weighted by atomic mass is 32.2. The van der Waals surface area contributed by atoms with E-state index in [4.69, 9.17) is 24.4 Å². The lowest BCUT2D eigenvalue weighted by Gasteiger charge is -2.19. The second-order valence-corrected chi connectivity index (χ2v) is 10.0. The van der Waals surface area contributed by atoms with Gasteiger partial charge in [0.1, 0.15) is 0 Å². The first-order valence-corrected chi connectivity index (χ1v) is 12.1. The van der Waals surface area contributed by atoms with Gasteiger partial charge >= 0.3 is 0 Å². The van der Waals surface area contributed by atoms with Crippen molar-refractivity contribution in [1.29, 1.82) is 0 Å².